The van der Waals surface area contributed by atoms with Crippen LogP contribution in [0, 0.1) is 6.92 Å². The van der Waals surface area contributed by atoms with Crippen molar-refractivity contribution < 1.29 is 9.59 Å². The summed E-state index contributed by atoms with van der Waals surface area (Å²) in [6, 6.07) is 12.1. The van der Waals surface area contributed by atoms with E-state index in [1.165, 1.54) is 0 Å². The Morgan fingerprint density at radius 2 is 1.82 bits per heavy atom. The first kappa shape index (κ1) is 16.5. The lowest BCUT2D eigenvalue weighted by Gasteiger charge is -2.08. The fourth-order valence-electron chi connectivity index (χ4n) is 1.74. The molecular weight excluding hydrogens is 368 g/mol. The lowest BCUT2D eigenvalue weighted by Crippen LogP contribution is -2.32. The Morgan fingerprint density at radius 1 is 1.14 bits per heavy atom. The van der Waals surface area contributed by atoms with Gasteiger partial charge in [0.05, 0.1) is 6.54 Å². The van der Waals surface area contributed by atoms with Crippen molar-refractivity contribution in [3.8, 4) is 0 Å². The van der Waals surface area contributed by atoms with Crippen LogP contribution >= 0.6 is 27.5 Å². The summed E-state index contributed by atoms with van der Waals surface area (Å²) in [5.74, 6) is -0.616. The predicted octanol–water partition coefficient (Wildman–Crippen LogP) is 3.78. The number of benzene rings is 2. The van der Waals surface area contributed by atoms with Gasteiger partial charge in [-0.15, -0.1) is 0 Å². The number of rotatable bonds is 4. The Morgan fingerprint density at radius 3 is 2.45 bits per heavy atom. The highest BCUT2D eigenvalue weighted by Crippen LogP contribution is 2.19. The second kappa shape index (κ2) is 7.42. The van der Waals surface area contributed by atoms with Gasteiger partial charge in [-0.25, -0.2) is 0 Å². The van der Waals surface area contributed by atoms with Gasteiger partial charge in [0.1, 0.15) is 0 Å². The van der Waals surface area contributed by atoms with Gasteiger partial charge in [0, 0.05) is 20.7 Å². The molecule has 0 atom stereocenters. The number of aryl methyl sites for hydroxylation is 1. The van der Waals surface area contributed by atoms with Crippen LogP contribution in [0.1, 0.15) is 15.9 Å². The molecule has 4 nitrogen and oxygen atoms in total. The van der Waals surface area contributed by atoms with Crippen LogP contribution in [0.15, 0.2) is 46.9 Å². The summed E-state index contributed by atoms with van der Waals surface area (Å²) in [5, 5.41) is 5.83. The maximum absolute atomic E-state index is 11.9. The van der Waals surface area contributed by atoms with Gasteiger partial charge < -0.3 is 10.6 Å². The monoisotopic (exact) mass is 380 g/mol. The lowest BCUT2D eigenvalue weighted by atomic mass is 10.2. The number of carbonyl (C=O) groups is 2. The van der Waals surface area contributed by atoms with Crippen molar-refractivity contribution in [3.05, 3.63) is 63.1 Å². The molecule has 2 amide bonds. The van der Waals surface area contributed by atoms with Gasteiger partial charge in [-0.05, 0) is 48.9 Å². The molecule has 0 bridgehead atoms. The lowest BCUT2D eigenvalue weighted by molar-refractivity contribution is -0.115. The summed E-state index contributed by atoms with van der Waals surface area (Å²) in [6.45, 7) is 1.77. The predicted molar refractivity (Wildman–Crippen MR) is 91.3 cm³/mol. The second-order valence-corrected chi connectivity index (χ2v) is 6.02. The highest BCUT2D eigenvalue weighted by Gasteiger charge is 2.08. The van der Waals surface area contributed by atoms with E-state index in [1.54, 1.807) is 36.4 Å². The van der Waals surface area contributed by atoms with E-state index in [2.05, 4.69) is 26.6 Å². The average molecular weight is 382 g/mol. The summed E-state index contributed by atoms with van der Waals surface area (Å²) < 4.78 is 0.887. The molecule has 0 spiro atoms. The molecule has 0 heterocycles. The van der Waals surface area contributed by atoms with Crippen LogP contribution in [-0.4, -0.2) is 18.4 Å². The number of hydrogen-bond donors (Lipinski definition) is 2. The Hall–Kier alpha value is -1.85. The molecule has 2 aromatic carbocycles. The van der Waals surface area contributed by atoms with Gasteiger partial charge in [0.25, 0.3) is 5.91 Å². The first-order valence-corrected chi connectivity index (χ1v) is 7.72. The number of amides is 2. The van der Waals surface area contributed by atoms with Crippen molar-refractivity contribution >= 4 is 45.0 Å². The topological polar surface area (TPSA) is 58.2 Å². The van der Waals surface area contributed by atoms with Crippen LogP contribution in [0.3, 0.4) is 0 Å². The molecule has 0 radical (unpaired) electrons. The van der Waals surface area contributed by atoms with Crippen molar-refractivity contribution in [2.24, 2.45) is 0 Å². The van der Waals surface area contributed by atoms with Crippen molar-refractivity contribution in [2.75, 3.05) is 11.9 Å². The Labute approximate surface area is 142 Å². The fourth-order valence-corrected chi connectivity index (χ4v) is 2.18. The maximum atomic E-state index is 11.9. The minimum absolute atomic E-state index is 0.111. The van der Waals surface area contributed by atoms with E-state index in [0.717, 1.165) is 10.0 Å². The fraction of sp³-hybridized carbons (Fsp3) is 0.125. The number of hydrogen-bond acceptors (Lipinski definition) is 2. The molecule has 0 aliphatic carbocycles. The Balaban J connectivity index is 1.88. The normalized spacial score (nSPS) is 10.1. The van der Waals surface area contributed by atoms with Crippen LogP contribution in [0.2, 0.25) is 5.02 Å². The first-order chi connectivity index (χ1) is 10.5. The molecule has 114 valence electrons. The molecule has 0 aromatic heterocycles. The minimum Gasteiger partial charge on any atom is -0.343 e. The van der Waals surface area contributed by atoms with E-state index in [-0.39, 0.29) is 18.4 Å². The number of halogens is 2. The van der Waals surface area contributed by atoms with Crippen LogP contribution in [0.25, 0.3) is 0 Å². The van der Waals surface area contributed by atoms with Crippen molar-refractivity contribution in [2.45, 2.75) is 6.92 Å². The summed E-state index contributed by atoms with van der Waals surface area (Å²) in [5.41, 5.74) is 2.02. The molecule has 0 aliphatic heterocycles. The van der Waals surface area contributed by atoms with Crippen LogP contribution in [-0.2, 0) is 4.79 Å². The highest BCUT2D eigenvalue weighted by molar-refractivity contribution is 9.10. The number of anilines is 1. The van der Waals surface area contributed by atoms with Gasteiger partial charge >= 0.3 is 0 Å². The third kappa shape index (κ3) is 4.58. The quantitative estimate of drug-likeness (QED) is 0.847. The van der Waals surface area contributed by atoms with E-state index >= 15 is 0 Å². The zero-order valence-electron chi connectivity index (χ0n) is 11.8. The van der Waals surface area contributed by atoms with E-state index in [0.29, 0.717) is 16.3 Å². The zero-order valence-corrected chi connectivity index (χ0v) is 14.2. The molecule has 0 fully saturated rings. The van der Waals surface area contributed by atoms with Gasteiger partial charge in [0.2, 0.25) is 5.91 Å². The minimum atomic E-state index is -0.314. The smallest absolute Gasteiger partial charge is 0.251 e. The van der Waals surface area contributed by atoms with Crippen molar-refractivity contribution in [1.82, 2.24) is 5.32 Å². The second-order valence-electron chi connectivity index (χ2n) is 4.70. The Bertz CT molecular complexity index is 702. The molecule has 22 heavy (non-hydrogen) atoms. The summed E-state index contributed by atoms with van der Waals surface area (Å²) in [7, 11) is 0. The van der Waals surface area contributed by atoms with Crippen molar-refractivity contribution in [1.29, 1.82) is 0 Å². The number of nitrogens with one attached hydrogen (secondary N) is 2. The van der Waals surface area contributed by atoms with Crippen LogP contribution < -0.4 is 10.6 Å². The van der Waals surface area contributed by atoms with Crippen LogP contribution in [0.5, 0.6) is 0 Å². The third-order valence-corrected chi connectivity index (χ3v) is 3.91. The number of carbonyl (C=O) groups excluding carboxylic acids is 2. The molecule has 0 saturated heterocycles. The maximum Gasteiger partial charge on any atom is 0.251 e. The molecule has 0 aliphatic rings. The third-order valence-electron chi connectivity index (χ3n) is 2.97. The van der Waals surface area contributed by atoms with Crippen molar-refractivity contribution in [3.63, 3.8) is 0 Å². The molecule has 2 aromatic rings. The molecule has 2 rings (SSSR count). The largest absolute Gasteiger partial charge is 0.343 e. The molecule has 2 N–H and O–H groups in total. The van der Waals surface area contributed by atoms with Gasteiger partial charge in [-0.1, -0.05) is 33.6 Å². The van der Waals surface area contributed by atoms with Gasteiger partial charge in [0.15, 0.2) is 0 Å². The Kier molecular flexibility index (Phi) is 5.57. The van der Waals surface area contributed by atoms with E-state index in [1.807, 2.05) is 13.0 Å². The summed E-state index contributed by atoms with van der Waals surface area (Å²) in [6.07, 6.45) is 0. The molecule has 6 heteroatoms. The van der Waals surface area contributed by atoms with E-state index < -0.39 is 0 Å². The average Bonchev–Trinajstić information content (AvgIpc) is 2.49. The SMILES string of the molecule is Cc1ccc(NC(=O)CNC(=O)c2ccc(Br)cc2)cc1Cl. The summed E-state index contributed by atoms with van der Waals surface area (Å²) in [4.78, 5) is 23.7. The highest BCUT2D eigenvalue weighted by atomic mass is 79.9. The standard InChI is InChI=1S/C16H14BrClN2O2/c1-10-2-7-13(8-14(10)18)20-15(21)9-19-16(22)11-3-5-12(17)6-4-11/h2-8H,9H2,1H3,(H,19,22)(H,20,21). The zero-order chi connectivity index (χ0) is 16.1. The molecular formula is C16H14BrClN2O2. The first-order valence-electron chi connectivity index (χ1n) is 6.55. The van der Waals surface area contributed by atoms with E-state index in [4.69, 9.17) is 11.6 Å². The van der Waals surface area contributed by atoms with E-state index in [9.17, 15) is 9.59 Å². The molecule has 0 saturated carbocycles. The summed E-state index contributed by atoms with van der Waals surface area (Å²) >= 11 is 9.29. The van der Waals surface area contributed by atoms with Gasteiger partial charge in [-0.2, -0.15) is 0 Å². The molecule has 0 unspecified atom stereocenters. The van der Waals surface area contributed by atoms with Crippen LogP contribution in [0.4, 0.5) is 5.69 Å². The van der Waals surface area contributed by atoms with Gasteiger partial charge in [-0.3, -0.25) is 9.59 Å².